The van der Waals surface area contributed by atoms with Crippen molar-refractivity contribution in [3.05, 3.63) is 48.3 Å². The number of para-hydroxylation sites is 2. The Kier molecular flexibility index (Phi) is 5.54. The Morgan fingerprint density at radius 1 is 1.17 bits per heavy atom. The summed E-state index contributed by atoms with van der Waals surface area (Å²) in [7, 11) is 0. The number of rotatable bonds is 7. The lowest BCUT2D eigenvalue weighted by atomic mass is 10.2. The zero-order chi connectivity index (χ0) is 16.8. The van der Waals surface area contributed by atoms with Crippen molar-refractivity contribution in [2.24, 2.45) is 0 Å². The Morgan fingerprint density at radius 3 is 2.71 bits per heavy atom. The molecule has 2 aromatic rings. The second-order valence-corrected chi connectivity index (χ2v) is 5.74. The molecule has 128 valence electrons. The van der Waals surface area contributed by atoms with Crippen LogP contribution in [0.4, 0.5) is 0 Å². The minimum Gasteiger partial charge on any atom is -0.492 e. The number of ether oxygens (including phenoxy) is 3. The fraction of sp³-hybridized carbons (Fsp3) is 0.421. The number of hydrogen-bond donors (Lipinski definition) is 0. The molecule has 0 amide bonds. The number of fused-ring (bicyclic) bond motifs is 1. The molecule has 0 radical (unpaired) electrons. The van der Waals surface area contributed by atoms with E-state index in [1.54, 1.807) is 6.20 Å². The molecule has 2 heterocycles. The lowest BCUT2D eigenvalue weighted by Crippen LogP contribution is -2.40. The maximum Gasteiger partial charge on any atom is 0.161 e. The molecule has 5 heteroatoms. The third-order valence-corrected chi connectivity index (χ3v) is 3.97. The van der Waals surface area contributed by atoms with Crippen molar-refractivity contribution in [2.45, 2.75) is 26.5 Å². The highest BCUT2D eigenvalue weighted by atomic mass is 16.6. The van der Waals surface area contributed by atoms with E-state index >= 15 is 0 Å². The monoisotopic (exact) mass is 328 g/mol. The number of likely N-dealkylation sites (N-methyl/N-ethyl adjacent to an activating group) is 1. The summed E-state index contributed by atoms with van der Waals surface area (Å²) in [6.45, 7) is 7.86. The van der Waals surface area contributed by atoms with Crippen LogP contribution in [0.25, 0.3) is 0 Å². The molecule has 1 atom stereocenters. The van der Waals surface area contributed by atoms with Gasteiger partial charge in [0.2, 0.25) is 0 Å². The Balaban J connectivity index is 1.57. The normalized spacial score (nSPS) is 16.2. The first-order valence-electron chi connectivity index (χ1n) is 8.47. The van der Waals surface area contributed by atoms with Gasteiger partial charge in [-0.05, 0) is 37.7 Å². The third kappa shape index (κ3) is 4.17. The lowest BCUT2D eigenvalue weighted by Gasteiger charge is -2.30. The standard InChI is InChI=1S/C19H24N2O3/c1-3-21(12-15-9-10-16(11-20-15)22-4-2)13-17-14-23-18-7-5-6-8-19(18)24-17/h5-11,17H,3-4,12-14H2,1-2H3. The van der Waals surface area contributed by atoms with Gasteiger partial charge in [-0.1, -0.05) is 19.1 Å². The first-order chi connectivity index (χ1) is 11.8. The molecule has 1 aromatic carbocycles. The Labute approximate surface area is 143 Å². The molecule has 0 fully saturated rings. The van der Waals surface area contributed by atoms with Gasteiger partial charge in [0.15, 0.2) is 11.5 Å². The molecular formula is C19H24N2O3. The molecule has 0 N–H and O–H groups in total. The molecule has 0 spiro atoms. The van der Waals surface area contributed by atoms with E-state index in [1.165, 1.54) is 0 Å². The van der Waals surface area contributed by atoms with Crippen LogP contribution in [0.5, 0.6) is 17.2 Å². The predicted molar refractivity (Wildman–Crippen MR) is 92.7 cm³/mol. The van der Waals surface area contributed by atoms with E-state index in [4.69, 9.17) is 14.2 Å². The number of hydrogen-bond acceptors (Lipinski definition) is 5. The first kappa shape index (κ1) is 16.6. The quantitative estimate of drug-likeness (QED) is 0.781. The van der Waals surface area contributed by atoms with Gasteiger partial charge in [0.1, 0.15) is 18.5 Å². The van der Waals surface area contributed by atoms with Gasteiger partial charge in [0.05, 0.1) is 18.5 Å². The van der Waals surface area contributed by atoms with E-state index in [1.807, 2.05) is 43.3 Å². The molecule has 5 nitrogen and oxygen atoms in total. The van der Waals surface area contributed by atoms with Crippen LogP contribution in [0.2, 0.25) is 0 Å². The van der Waals surface area contributed by atoms with Crippen LogP contribution in [0, 0.1) is 0 Å². The molecule has 0 saturated heterocycles. The van der Waals surface area contributed by atoms with E-state index in [0.717, 1.165) is 42.6 Å². The summed E-state index contributed by atoms with van der Waals surface area (Å²) >= 11 is 0. The van der Waals surface area contributed by atoms with Gasteiger partial charge in [-0.3, -0.25) is 9.88 Å². The average molecular weight is 328 g/mol. The molecule has 1 aliphatic heterocycles. The molecule has 0 aliphatic carbocycles. The SMILES string of the molecule is CCOc1ccc(CN(CC)CC2COc3ccccc3O2)nc1. The smallest absolute Gasteiger partial charge is 0.161 e. The van der Waals surface area contributed by atoms with Crippen molar-refractivity contribution in [1.29, 1.82) is 0 Å². The van der Waals surface area contributed by atoms with Crippen molar-refractivity contribution in [3.63, 3.8) is 0 Å². The van der Waals surface area contributed by atoms with Crippen molar-refractivity contribution in [1.82, 2.24) is 9.88 Å². The maximum absolute atomic E-state index is 6.05. The second-order valence-electron chi connectivity index (χ2n) is 5.74. The first-order valence-corrected chi connectivity index (χ1v) is 8.47. The highest BCUT2D eigenvalue weighted by Crippen LogP contribution is 2.31. The summed E-state index contributed by atoms with van der Waals surface area (Å²) < 4.78 is 17.3. The van der Waals surface area contributed by atoms with E-state index < -0.39 is 0 Å². The van der Waals surface area contributed by atoms with Crippen LogP contribution in [0.3, 0.4) is 0 Å². The summed E-state index contributed by atoms with van der Waals surface area (Å²) in [6.07, 6.45) is 1.81. The van der Waals surface area contributed by atoms with E-state index in [2.05, 4.69) is 16.8 Å². The Morgan fingerprint density at radius 2 is 2.00 bits per heavy atom. The highest BCUT2D eigenvalue weighted by molar-refractivity contribution is 5.40. The molecule has 1 unspecified atom stereocenters. The number of aromatic nitrogens is 1. The minimum atomic E-state index is 0.0301. The van der Waals surface area contributed by atoms with E-state index in [9.17, 15) is 0 Å². The number of benzene rings is 1. The van der Waals surface area contributed by atoms with Crippen molar-refractivity contribution < 1.29 is 14.2 Å². The van der Waals surface area contributed by atoms with Crippen molar-refractivity contribution >= 4 is 0 Å². The molecule has 24 heavy (non-hydrogen) atoms. The summed E-state index contributed by atoms with van der Waals surface area (Å²) in [5.74, 6) is 2.46. The van der Waals surface area contributed by atoms with Gasteiger partial charge in [-0.2, -0.15) is 0 Å². The van der Waals surface area contributed by atoms with Crippen LogP contribution in [-0.2, 0) is 6.54 Å². The topological polar surface area (TPSA) is 43.8 Å². The fourth-order valence-electron chi connectivity index (χ4n) is 2.73. The third-order valence-electron chi connectivity index (χ3n) is 3.97. The van der Waals surface area contributed by atoms with Crippen LogP contribution in [-0.4, -0.2) is 42.3 Å². The van der Waals surface area contributed by atoms with Crippen molar-refractivity contribution in [3.8, 4) is 17.2 Å². The Hall–Kier alpha value is -2.27. The van der Waals surface area contributed by atoms with E-state index in [0.29, 0.717) is 13.2 Å². The summed E-state index contributed by atoms with van der Waals surface area (Å²) in [5.41, 5.74) is 1.03. The van der Waals surface area contributed by atoms with Crippen molar-refractivity contribution in [2.75, 3.05) is 26.3 Å². The zero-order valence-corrected chi connectivity index (χ0v) is 14.3. The summed E-state index contributed by atoms with van der Waals surface area (Å²) in [6, 6.07) is 11.8. The van der Waals surface area contributed by atoms with Gasteiger partial charge < -0.3 is 14.2 Å². The molecule has 1 aliphatic rings. The van der Waals surface area contributed by atoms with Crippen LogP contribution in [0.15, 0.2) is 42.6 Å². The number of pyridine rings is 1. The van der Waals surface area contributed by atoms with Crippen LogP contribution in [0.1, 0.15) is 19.5 Å². The lowest BCUT2D eigenvalue weighted by molar-refractivity contribution is 0.0577. The van der Waals surface area contributed by atoms with Gasteiger partial charge in [0.25, 0.3) is 0 Å². The van der Waals surface area contributed by atoms with Gasteiger partial charge in [0, 0.05) is 13.1 Å². The van der Waals surface area contributed by atoms with Crippen LogP contribution >= 0.6 is 0 Å². The predicted octanol–water partition coefficient (Wildman–Crippen LogP) is 3.14. The maximum atomic E-state index is 6.05. The molecule has 1 aromatic heterocycles. The van der Waals surface area contributed by atoms with Gasteiger partial charge in [-0.25, -0.2) is 0 Å². The second kappa shape index (κ2) is 8.02. The van der Waals surface area contributed by atoms with Crippen LogP contribution < -0.4 is 14.2 Å². The van der Waals surface area contributed by atoms with Gasteiger partial charge >= 0.3 is 0 Å². The molecule has 3 rings (SSSR count). The largest absolute Gasteiger partial charge is 0.492 e. The summed E-state index contributed by atoms with van der Waals surface area (Å²) in [5, 5.41) is 0. The highest BCUT2D eigenvalue weighted by Gasteiger charge is 2.22. The van der Waals surface area contributed by atoms with Gasteiger partial charge in [-0.15, -0.1) is 0 Å². The fourth-order valence-corrected chi connectivity index (χ4v) is 2.73. The molecule has 0 saturated carbocycles. The number of nitrogens with zero attached hydrogens (tertiary/aromatic N) is 2. The Bertz CT molecular complexity index is 645. The van der Waals surface area contributed by atoms with E-state index in [-0.39, 0.29) is 6.10 Å². The average Bonchev–Trinajstić information content (AvgIpc) is 2.63. The summed E-state index contributed by atoms with van der Waals surface area (Å²) in [4.78, 5) is 6.79. The zero-order valence-electron chi connectivity index (χ0n) is 14.3. The minimum absolute atomic E-state index is 0.0301. The molecule has 0 bridgehead atoms. The molecular weight excluding hydrogens is 304 g/mol.